The number of rotatable bonds is 5. The van der Waals surface area contributed by atoms with Crippen molar-refractivity contribution in [3.63, 3.8) is 0 Å². The van der Waals surface area contributed by atoms with Crippen LogP contribution in [0.3, 0.4) is 0 Å². The van der Waals surface area contributed by atoms with Crippen molar-refractivity contribution in [1.82, 2.24) is 9.97 Å². The summed E-state index contributed by atoms with van der Waals surface area (Å²) < 4.78 is 5.30. The first-order chi connectivity index (χ1) is 7.51. The number of aromatic nitrogens is 2. The van der Waals surface area contributed by atoms with Gasteiger partial charge in [0.05, 0.1) is 6.61 Å². The van der Waals surface area contributed by atoms with Crippen molar-refractivity contribution in [3.8, 4) is 5.88 Å². The Morgan fingerprint density at radius 1 is 1.31 bits per heavy atom. The highest BCUT2D eigenvalue weighted by molar-refractivity contribution is 5.36. The van der Waals surface area contributed by atoms with Crippen LogP contribution >= 0.6 is 0 Å². The summed E-state index contributed by atoms with van der Waals surface area (Å²) in [5.74, 6) is 1.44. The van der Waals surface area contributed by atoms with Crippen LogP contribution in [0.25, 0.3) is 0 Å². The van der Waals surface area contributed by atoms with E-state index >= 15 is 0 Å². The van der Waals surface area contributed by atoms with Crippen LogP contribution in [0.4, 0.5) is 5.82 Å². The van der Waals surface area contributed by atoms with Crippen molar-refractivity contribution < 1.29 is 4.74 Å². The van der Waals surface area contributed by atoms with E-state index in [2.05, 4.69) is 36.1 Å². The second kappa shape index (κ2) is 5.68. The molecule has 4 nitrogen and oxygen atoms in total. The fraction of sp³-hybridized carbons (Fsp3) is 0.667. The van der Waals surface area contributed by atoms with Gasteiger partial charge in [0.25, 0.3) is 0 Å². The molecule has 0 spiro atoms. The lowest BCUT2D eigenvalue weighted by atomic mass is 9.92. The molecule has 1 aromatic rings. The summed E-state index contributed by atoms with van der Waals surface area (Å²) in [4.78, 5) is 8.15. The molecule has 1 heterocycles. The molecular weight excluding hydrogens is 202 g/mol. The van der Waals surface area contributed by atoms with Gasteiger partial charge in [-0.1, -0.05) is 20.8 Å². The summed E-state index contributed by atoms with van der Waals surface area (Å²) >= 11 is 0. The Kier molecular flexibility index (Phi) is 4.52. The van der Waals surface area contributed by atoms with Gasteiger partial charge in [-0.25, -0.2) is 9.97 Å². The Morgan fingerprint density at radius 2 is 2.06 bits per heavy atom. The molecule has 0 amide bonds. The second-order valence-corrected chi connectivity index (χ2v) is 4.91. The summed E-state index contributed by atoms with van der Waals surface area (Å²) in [6.45, 7) is 10.1. The average Bonchev–Trinajstić information content (AvgIpc) is 2.17. The molecule has 0 aromatic carbocycles. The molecule has 0 saturated carbocycles. The highest BCUT2D eigenvalue weighted by atomic mass is 16.5. The zero-order valence-electron chi connectivity index (χ0n) is 10.6. The summed E-state index contributed by atoms with van der Waals surface area (Å²) in [5.41, 5.74) is 0.336. The average molecular weight is 223 g/mol. The van der Waals surface area contributed by atoms with Crippen molar-refractivity contribution >= 4 is 5.82 Å². The van der Waals surface area contributed by atoms with E-state index in [9.17, 15) is 0 Å². The minimum absolute atomic E-state index is 0.336. The Balaban J connectivity index is 2.44. The van der Waals surface area contributed by atoms with Gasteiger partial charge in [0.2, 0.25) is 5.88 Å². The van der Waals surface area contributed by atoms with Gasteiger partial charge in [-0.15, -0.1) is 0 Å². The maximum Gasteiger partial charge on any atom is 0.218 e. The largest absolute Gasteiger partial charge is 0.478 e. The van der Waals surface area contributed by atoms with Crippen LogP contribution in [-0.2, 0) is 0 Å². The Morgan fingerprint density at radius 3 is 2.69 bits per heavy atom. The lowest BCUT2D eigenvalue weighted by Gasteiger charge is -2.18. The molecule has 90 valence electrons. The van der Waals surface area contributed by atoms with Crippen LogP contribution in [0.2, 0.25) is 0 Å². The van der Waals surface area contributed by atoms with Crippen LogP contribution in [0.5, 0.6) is 5.88 Å². The number of ether oxygens (including phenoxy) is 1. The number of hydrogen-bond donors (Lipinski definition) is 1. The summed E-state index contributed by atoms with van der Waals surface area (Å²) in [7, 11) is 0. The molecule has 0 aliphatic carbocycles. The number of hydrogen-bond acceptors (Lipinski definition) is 4. The third kappa shape index (κ3) is 4.96. The summed E-state index contributed by atoms with van der Waals surface area (Å²) in [6.07, 6.45) is 2.62. The lowest BCUT2D eigenvalue weighted by molar-refractivity contribution is 0.326. The van der Waals surface area contributed by atoms with E-state index in [-0.39, 0.29) is 0 Å². The predicted octanol–water partition coefficient (Wildman–Crippen LogP) is 2.72. The smallest absolute Gasteiger partial charge is 0.218 e. The van der Waals surface area contributed by atoms with Crippen LogP contribution in [0, 0.1) is 5.41 Å². The molecule has 0 aliphatic heterocycles. The predicted molar refractivity (Wildman–Crippen MR) is 65.8 cm³/mol. The van der Waals surface area contributed by atoms with Crippen LogP contribution in [0.15, 0.2) is 12.4 Å². The van der Waals surface area contributed by atoms with Crippen LogP contribution in [-0.4, -0.2) is 23.1 Å². The zero-order valence-corrected chi connectivity index (χ0v) is 10.6. The van der Waals surface area contributed by atoms with E-state index < -0.39 is 0 Å². The van der Waals surface area contributed by atoms with E-state index in [1.807, 2.05) is 13.0 Å². The molecule has 0 atom stereocenters. The van der Waals surface area contributed by atoms with E-state index in [0.717, 1.165) is 18.8 Å². The molecule has 1 rings (SSSR count). The molecule has 0 radical (unpaired) electrons. The second-order valence-electron chi connectivity index (χ2n) is 4.91. The molecule has 0 fully saturated rings. The normalized spacial score (nSPS) is 11.2. The molecule has 16 heavy (non-hydrogen) atoms. The molecule has 4 heteroatoms. The van der Waals surface area contributed by atoms with Crippen molar-refractivity contribution in [1.29, 1.82) is 0 Å². The molecule has 0 aliphatic rings. The molecule has 0 saturated heterocycles. The Labute approximate surface area is 97.5 Å². The van der Waals surface area contributed by atoms with E-state index in [4.69, 9.17) is 4.74 Å². The SMILES string of the molecule is CCOc1cc(NCCC(C)(C)C)ncn1. The molecule has 1 N–H and O–H groups in total. The number of nitrogens with zero attached hydrogens (tertiary/aromatic N) is 2. The fourth-order valence-corrected chi connectivity index (χ4v) is 1.23. The number of nitrogens with one attached hydrogen (secondary N) is 1. The minimum atomic E-state index is 0.336. The van der Waals surface area contributed by atoms with Gasteiger partial charge < -0.3 is 10.1 Å². The fourth-order valence-electron chi connectivity index (χ4n) is 1.23. The lowest BCUT2D eigenvalue weighted by Crippen LogP contribution is -2.13. The third-order valence-corrected chi connectivity index (χ3v) is 2.12. The highest BCUT2D eigenvalue weighted by Crippen LogP contribution is 2.18. The van der Waals surface area contributed by atoms with E-state index in [0.29, 0.717) is 17.9 Å². The van der Waals surface area contributed by atoms with Gasteiger partial charge in [0, 0.05) is 12.6 Å². The quantitative estimate of drug-likeness (QED) is 0.833. The molecule has 1 aromatic heterocycles. The van der Waals surface area contributed by atoms with Gasteiger partial charge in [0.15, 0.2) is 0 Å². The van der Waals surface area contributed by atoms with Gasteiger partial charge in [-0.3, -0.25) is 0 Å². The van der Waals surface area contributed by atoms with Gasteiger partial charge in [-0.05, 0) is 18.8 Å². The Hall–Kier alpha value is -1.32. The van der Waals surface area contributed by atoms with Crippen molar-refractivity contribution in [2.45, 2.75) is 34.1 Å². The standard InChI is InChI=1S/C12H21N3O/c1-5-16-11-8-10(14-9-15-11)13-7-6-12(2,3)4/h8-9H,5-7H2,1-4H3,(H,13,14,15). The van der Waals surface area contributed by atoms with E-state index in [1.165, 1.54) is 6.33 Å². The summed E-state index contributed by atoms with van der Waals surface area (Å²) in [5, 5.41) is 3.27. The maximum atomic E-state index is 5.30. The molecular formula is C12H21N3O. The van der Waals surface area contributed by atoms with Crippen LogP contribution < -0.4 is 10.1 Å². The molecule has 0 bridgehead atoms. The Bertz CT molecular complexity index is 320. The summed E-state index contributed by atoms with van der Waals surface area (Å²) in [6, 6.07) is 1.83. The van der Waals surface area contributed by atoms with E-state index in [1.54, 1.807) is 0 Å². The maximum absolute atomic E-state index is 5.30. The first-order valence-electron chi connectivity index (χ1n) is 5.70. The molecule has 0 unspecified atom stereocenters. The van der Waals surface area contributed by atoms with Gasteiger partial charge in [0.1, 0.15) is 12.1 Å². The first kappa shape index (κ1) is 12.7. The highest BCUT2D eigenvalue weighted by Gasteiger charge is 2.09. The van der Waals surface area contributed by atoms with Crippen molar-refractivity contribution in [3.05, 3.63) is 12.4 Å². The first-order valence-corrected chi connectivity index (χ1v) is 5.70. The third-order valence-electron chi connectivity index (χ3n) is 2.12. The van der Waals surface area contributed by atoms with Crippen LogP contribution in [0.1, 0.15) is 34.1 Å². The van der Waals surface area contributed by atoms with Crippen molar-refractivity contribution in [2.75, 3.05) is 18.5 Å². The van der Waals surface area contributed by atoms with Gasteiger partial charge in [-0.2, -0.15) is 0 Å². The minimum Gasteiger partial charge on any atom is -0.478 e. The van der Waals surface area contributed by atoms with Gasteiger partial charge >= 0.3 is 0 Å². The van der Waals surface area contributed by atoms with Crippen molar-refractivity contribution in [2.24, 2.45) is 5.41 Å². The monoisotopic (exact) mass is 223 g/mol. The zero-order chi connectivity index (χ0) is 12.0. The number of anilines is 1. The topological polar surface area (TPSA) is 47.0 Å².